The molecule has 0 spiro atoms. The first-order chi connectivity index (χ1) is 18.5. The van der Waals surface area contributed by atoms with Gasteiger partial charge in [-0.1, -0.05) is 57.7 Å². The van der Waals surface area contributed by atoms with E-state index in [1.165, 1.54) is 0 Å². The number of carbonyl (C=O) groups is 2. The quantitative estimate of drug-likeness (QED) is 0.373. The van der Waals surface area contributed by atoms with Gasteiger partial charge in [0, 0.05) is 49.7 Å². The monoisotopic (exact) mass is 515 g/mol. The number of nitrogens with zero attached hydrogens (tertiary/aromatic N) is 3. The fraction of sp³-hybridized carbons (Fsp3) is 0.438. The molecule has 1 aliphatic rings. The van der Waals surface area contributed by atoms with Gasteiger partial charge in [-0.25, -0.2) is 0 Å². The predicted octanol–water partition coefficient (Wildman–Crippen LogP) is 6.86. The zero-order valence-corrected chi connectivity index (χ0v) is 23.1. The highest BCUT2D eigenvalue weighted by molar-refractivity contribution is 5.96. The fourth-order valence-corrected chi connectivity index (χ4v) is 5.19. The van der Waals surface area contributed by atoms with Crippen LogP contribution in [0.5, 0.6) is 5.75 Å². The zero-order chi connectivity index (χ0) is 26.9. The van der Waals surface area contributed by atoms with E-state index in [9.17, 15) is 9.59 Å². The third kappa shape index (κ3) is 6.85. The van der Waals surface area contributed by atoms with Crippen molar-refractivity contribution in [1.82, 2.24) is 9.47 Å². The van der Waals surface area contributed by atoms with Crippen LogP contribution in [0.1, 0.15) is 74.7 Å². The molecular formula is C32H41N3O3. The van der Waals surface area contributed by atoms with Gasteiger partial charge in [-0.15, -0.1) is 0 Å². The number of aromatic nitrogens is 1. The molecule has 202 valence electrons. The van der Waals surface area contributed by atoms with Gasteiger partial charge in [-0.2, -0.15) is 0 Å². The Bertz CT molecular complexity index is 1200. The van der Waals surface area contributed by atoms with Crippen molar-refractivity contribution < 1.29 is 14.3 Å². The maximum atomic E-state index is 14.0. The van der Waals surface area contributed by atoms with Gasteiger partial charge >= 0.3 is 0 Å². The van der Waals surface area contributed by atoms with E-state index in [0.717, 1.165) is 62.0 Å². The van der Waals surface area contributed by atoms with Gasteiger partial charge in [-0.3, -0.25) is 9.59 Å². The number of benzene rings is 2. The molecule has 3 aromatic rings. The van der Waals surface area contributed by atoms with Crippen LogP contribution in [-0.2, 0) is 11.3 Å². The molecule has 0 N–H and O–H groups in total. The van der Waals surface area contributed by atoms with E-state index >= 15 is 0 Å². The Hall–Kier alpha value is -3.54. The number of hydrogen-bond donors (Lipinski definition) is 0. The van der Waals surface area contributed by atoms with Crippen LogP contribution >= 0.6 is 0 Å². The first-order valence-electron chi connectivity index (χ1n) is 14.0. The standard InChI is InChI=1S/C32H41N3O3/c1-25(2)22-31(36)35-21-11-7-5-4-6-10-20-34(24-27-14-8-9-15-28(27)35)32(37)26-16-17-30(38-3)29(23-26)33-18-12-13-19-33/h8-9,12-19,23,25H,4-7,10-11,20-22,24H2,1-3H3. The Kier molecular flexibility index (Phi) is 9.63. The van der Waals surface area contributed by atoms with Gasteiger partial charge in [-0.05, 0) is 60.7 Å². The predicted molar refractivity (Wildman–Crippen MR) is 153 cm³/mol. The molecular weight excluding hydrogens is 474 g/mol. The highest BCUT2D eigenvalue weighted by atomic mass is 16.5. The molecule has 0 fully saturated rings. The molecule has 0 saturated carbocycles. The van der Waals surface area contributed by atoms with Crippen molar-refractivity contribution >= 4 is 17.5 Å². The summed E-state index contributed by atoms with van der Waals surface area (Å²) in [5.41, 5.74) is 3.40. The van der Waals surface area contributed by atoms with Crippen LogP contribution in [0.25, 0.3) is 5.69 Å². The molecule has 1 aromatic heterocycles. The summed E-state index contributed by atoms with van der Waals surface area (Å²) < 4.78 is 7.54. The molecule has 1 aliphatic heterocycles. The van der Waals surface area contributed by atoms with Crippen LogP contribution in [0.3, 0.4) is 0 Å². The number of ether oxygens (including phenoxy) is 1. The molecule has 0 bridgehead atoms. The molecule has 0 atom stereocenters. The first-order valence-corrected chi connectivity index (χ1v) is 14.0. The normalized spacial score (nSPS) is 15.3. The molecule has 2 aromatic carbocycles. The van der Waals surface area contributed by atoms with E-state index in [1.54, 1.807) is 7.11 Å². The molecule has 4 rings (SSSR count). The molecule has 0 saturated heterocycles. The summed E-state index contributed by atoms with van der Waals surface area (Å²) in [5.74, 6) is 1.16. The zero-order valence-electron chi connectivity index (χ0n) is 23.1. The number of anilines is 1. The van der Waals surface area contributed by atoms with Crippen molar-refractivity contribution in [3.05, 3.63) is 78.1 Å². The number of fused-ring (bicyclic) bond motifs is 1. The summed E-state index contributed by atoms with van der Waals surface area (Å²) in [6.07, 6.45) is 10.9. The lowest BCUT2D eigenvalue weighted by Crippen LogP contribution is -2.35. The maximum Gasteiger partial charge on any atom is 0.254 e. The van der Waals surface area contributed by atoms with E-state index in [1.807, 2.05) is 75.3 Å². The van der Waals surface area contributed by atoms with Crippen LogP contribution in [0, 0.1) is 5.92 Å². The number of hydrogen-bond acceptors (Lipinski definition) is 3. The Morgan fingerprint density at radius 2 is 1.53 bits per heavy atom. The van der Waals surface area contributed by atoms with Crippen molar-refractivity contribution in [2.75, 3.05) is 25.1 Å². The molecule has 0 aliphatic carbocycles. The number of carbonyl (C=O) groups excluding carboxylic acids is 2. The molecule has 0 radical (unpaired) electrons. The number of methoxy groups -OCH3 is 1. The van der Waals surface area contributed by atoms with Crippen LogP contribution in [0.15, 0.2) is 67.0 Å². The van der Waals surface area contributed by atoms with Gasteiger partial charge in [0.1, 0.15) is 5.75 Å². The van der Waals surface area contributed by atoms with Crippen LogP contribution in [-0.4, -0.2) is 41.5 Å². The third-order valence-electron chi connectivity index (χ3n) is 7.18. The summed E-state index contributed by atoms with van der Waals surface area (Å²) in [7, 11) is 1.64. The van der Waals surface area contributed by atoms with Crippen molar-refractivity contribution in [3.8, 4) is 11.4 Å². The average Bonchev–Trinajstić information content (AvgIpc) is 3.46. The molecule has 6 nitrogen and oxygen atoms in total. The van der Waals surface area contributed by atoms with Gasteiger partial charge < -0.3 is 19.1 Å². The van der Waals surface area contributed by atoms with E-state index in [0.29, 0.717) is 36.7 Å². The van der Waals surface area contributed by atoms with Crippen molar-refractivity contribution in [2.24, 2.45) is 5.92 Å². The SMILES string of the molecule is COc1ccc(C(=O)N2CCCCCCCCN(C(=O)CC(C)C)c3ccccc3C2)cc1-n1cccc1. The fourth-order valence-electron chi connectivity index (χ4n) is 5.19. The Balaban J connectivity index is 1.68. The first kappa shape index (κ1) is 27.5. The highest BCUT2D eigenvalue weighted by Crippen LogP contribution is 2.28. The lowest BCUT2D eigenvalue weighted by Gasteiger charge is -2.29. The largest absolute Gasteiger partial charge is 0.495 e. The van der Waals surface area contributed by atoms with E-state index in [-0.39, 0.29) is 11.8 Å². The number of para-hydroxylation sites is 1. The lowest BCUT2D eigenvalue weighted by molar-refractivity contribution is -0.119. The number of amides is 2. The summed E-state index contributed by atoms with van der Waals surface area (Å²) in [4.78, 5) is 31.2. The Labute approximate surface area is 227 Å². The molecule has 0 unspecified atom stereocenters. The minimum Gasteiger partial charge on any atom is -0.495 e. The van der Waals surface area contributed by atoms with Crippen LogP contribution < -0.4 is 9.64 Å². The van der Waals surface area contributed by atoms with Crippen LogP contribution in [0.4, 0.5) is 5.69 Å². The molecule has 2 amide bonds. The number of rotatable bonds is 5. The Morgan fingerprint density at radius 3 is 2.24 bits per heavy atom. The van der Waals surface area contributed by atoms with Crippen LogP contribution in [0.2, 0.25) is 0 Å². The minimum atomic E-state index is -0.00853. The second-order valence-corrected chi connectivity index (χ2v) is 10.6. The average molecular weight is 516 g/mol. The van der Waals surface area contributed by atoms with Gasteiger partial charge in [0.2, 0.25) is 5.91 Å². The summed E-state index contributed by atoms with van der Waals surface area (Å²) >= 11 is 0. The summed E-state index contributed by atoms with van der Waals surface area (Å²) in [5, 5.41) is 0. The van der Waals surface area contributed by atoms with Gasteiger partial charge in [0.05, 0.1) is 12.8 Å². The van der Waals surface area contributed by atoms with Crippen molar-refractivity contribution in [2.45, 2.75) is 65.3 Å². The van der Waals surface area contributed by atoms with Crippen molar-refractivity contribution in [1.29, 1.82) is 0 Å². The second-order valence-electron chi connectivity index (χ2n) is 10.6. The van der Waals surface area contributed by atoms with Gasteiger partial charge in [0.25, 0.3) is 5.91 Å². The lowest BCUT2D eigenvalue weighted by atomic mass is 10.1. The van der Waals surface area contributed by atoms with E-state index < -0.39 is 0 Å². The van der Waals surface area contributed by atoms with E-state index in [4.69, 9.17) is 4.74 Å². The minimum absolute atomic E-state index is 0.00853. The molecule has 2 heterocycles. The highest BCUT2D eigenvalue weighted by Gasteiger charge is 2.23. The Morgan fingerprint density at radius 1 is 0.842 bits per heavy atom. The van der Waals surface area contributed by atoms with E-state index in [2.05, 4.69) is 19.9 Å². The molecule has 38 heavy (non-hydrogen) atoms. The smallest absolute Gasteiger partial charge is 0.254 e. The topological polar surface area (TPSA) is 54.8 Å². The third-order valence-corrected chi connectivity index (χ3v) is 7.18. The second kappa shape index (κ2) is 13.3. The van der Waals surface area contributed by atoms with Gasteiger partial charge in [0.15, 0.2) is 0 Å². The summed E-state index contributed by atoms with van der Waals surface area (Å²) in [6.45, 7) is 6.03. The van der Waals surface area contributed by atoms with Crippen molar-refractivity contribution in [3.63, 3.8) is 0 Å². The summed E-state index contributed by atoms with van der Waals surface area (Å²) in [6, 6.07) is 17.6. The maximum absolute atomic E-state index is 14.0. The molecule has 6 heteroatoms.